The first-order chi connectivity index (χ1) is 5.86. The number of hydrogen-bond acceptors (Lipinski definition) is 2. The van der Waals surface area contributed by atoms with Crippen molar-refractivity contribution in [3.63, 3.8) is 0 Å². The third kappa shape index (κ3) is 1.03. The maximum absolute atomic E-state index is 3.83. The lowest BCUT2D eigenvalue weighted by Gasteiger charge is -1.92. The van der Waals surface area contributed by atoms with Crippen molar-refractivity contribution >= 4 is 38.1 Å². The fourth-order valence-corrected chi connectivity index (χ4v) is 3.77. The molecule has 0 aliphatic rings. The van der Waals surface area contributed by atoms with Gasteiger partial charge in [0.1, 0.15) is 0 Å². The summed E-state index contributed by atoms with van der Waals surface area (Å²) >= 11 is 3.68. The summed E-state index contributed by atoms with van der Waals surface area (Å²) in [4.78, 5) is 1.35. The van der Waals surface area contributed by atoms with Crippen molar-refractivity contribution < 1.29 is 0 Å². The molecule has 0 unspecified atom stereocenters. The van der Waals surface area contributed by atoms with E-state index in [2.05, 4.69) is 24.9 Å². The van der Waals surface area contributed by atoms with Gasteiger partial charge in [0.25, 0.3) is 0 Å². The summed E-state index contributed by atoms with van der Waals surface area (Å²) in [6.45, 7) is 6.03. The van der Waals surface area contributed by atoms with Gasteiger partial charge >= 0.3 is 0 Å². The van der Waals surface area contributed by atoms with E-state index >= 15 is 0 Å². The number of thiophene rings is 2. The highest BCUT2D eigenvalue weighted by molar-refractivity contribution is 7.27. The van der Waals surface area contributed by atoms with Crippen molar-refractivity contribution in [3.05, 3.63) is 28.5 Å². The number of hydrogen-bond donors (Lipinski definition) is 0. The molecule has 2 heteroatoms. The van der Waals surface area contributed by atoms with Crippen LogP contribution in [0.3, 0.4) is 0 Å². The SMILES string of the molecule is C=Cc1sc2ccsc2c1CC. The maximum atomic E-state index is 3.83. The average molecular weight is 194 g/mol. The van der Waals surface area contributed by atoms with E-state index in [1.54, 1.807) is 0 Å². The Kier molecular flexibility index (Phi) is 2.03. The molecular formula is C10H10S2. The predicted molar refractivity (Wildman–Crippen MR) is 59.2 cm³/mol. The third-order valence-electron chi connectivity index (χ3n) is 1.96. The minimum Gasteiger partial charge on any atom is -0.143 e. The van der Waals surface area contributed by atoms with E-state index in [1.165, 1.54) is 19.8 Å². The lowest BCUT2D eigenvalue weighted by Crippen LogP contribution is -1.76. The molecule has 0 aromatic carbocycles. The second-order valence-electron chi connectivity index (χ2n) is 2.62. The van der Waals surface area contributed by atoms with Gasteiger partial charge in [0.05, 0.1) is 0 Å². The summed E-state index contributed by atoms with van der Waals surface area (Å²) in [7, 11) is 0. The van der Waals surface area contributed by atoms with Gasteiger partial charge in [-0.25, -0.2) is 0 Å². The molecule has 0 saturated carbocycles. The van der Waals surface area contributed by atoms with Crippen LogP contribution in [0, 0.1) is 0 Å². The van der Waals surface area contributed by atoms with Crippen LogP contribution < -0.4 is 0 Å². The molecule has 2 aromatic rings. The molecule has 0 atom stereocenters. The zero-order chi connectivity index (χ0) is 8.55. The lowest BCUT2D eigenvalue weighted by atomic mass is 10.2. The number of rotatable bonds is 2. The number of aryl methyl sites for hydroxylation is 1. The van der Waals surface area contributed by atoms with Crippen molar-refractivity contribution in [2.75, 3.05) is 0 Å². The van der Waals surface area contributed by atoms with Gasteiger partial charge in [-0.05, 0) is 23.4 Å². The van der Waals surface area contributed by atoms with Gasteiger partial charge in [-0.2, -0.15) is 0 Å². The van der Waals surface area contributed by atoms with Crippen LogP contribution in [0.5, 0.6) is 0 Å². The molecule has 0 spiro atoms. The Morgan fingerprint density at radius 1 is 1.58 bits per heavy atom. The summed E-state index contributed by atoms with van der Waals surface area (Å²) in [5, 5.41) is 2.16. The Morgan fingerprint density at radius 3 is 3.08 bits per heavy atom. The van der Waals surface area contributed by atoms with E-state index in [0.717, 1.165) is 6.42 Å². The van der Waals surface area contributed by atoms with Gasteiger partial charge in [-0.15, -0.1) is 22.7 Å². The normalized spacial score (nSPS) is 10.8. The second kappa shape index (κ2) is 3.04. The van der Waals surface area contributed by atoms with E-state index in [9.17, 15) is 0 Å². The highest BCUT2D eigenvalue weighted by atomic mass is 32.1. The van der Waals surface area contributed by atoms with Crippen molar-refractivity contribution in [1.82, 2.24) is 0 Å². The standard InChI is InChI=1S/C10H10S2/c1-3-7-8(4-2)12-9-5-6-11-10(7)9/h4-6H,2-3H2,1H3. The molecule has 0 amide bonds. The van der Waals surface area contributed by atoms with Gasteiger partial charge in [-0.3, -0.25) is 0 Å². The third-order valence-corrected chi connectivity index (χ3v) is 4.26. The maximum Gasteiger partial charge on any atom is 0.0488 e. The van der Waals surface area contributed by atoms with Crippen LogP contribution in [0.1, 0.15) is 17.4 Å². The number of fused-ring (bicyclic) bond motifs is 1. The first-order valence-electron chi connectivity index (χ1n) is 3.98. The molecule has 0 fully saturated rings. The van der Waals surface area contributed by atoms with Crippen LogP contribution in [-0.2, 0) is 6.42 Å². The van der Waals surface area contributed by atoms with Gasteiger partial charge in [0, 0.05) is 14.3 Å². The Bertz CT molecular complexity index is 406. The summed E-state index contributed by atoms with van der Waals surface area (Å²) in [6, 6.07) is 2.19. The molecule has 0 bridgehead atoms. The van der Waals surface area contributed by atoms with Gasteiger partial charge in [0.2, 0.25) is 0 Å². The fourth-order valence-electron chi connectivity index (χ4n) is 1.39. The molecule has 62 valence electrons. The fraction of sp³-hybridized carbons (Fsp3) is 0.200. The van der Waals surface area contributed by atoms with Crippen LogP contribution in [0.25, 0.3) is 15.5 Å². The Balaban J connectivity index is 2.78. The smallest absolute Gasteiger partial charge is 0.0488 e. The molecule has 0 nitrogen and oxygen atoms in total. The molecule has 2 aromatic heterocycles. The summed E-state index contributed by atoms with van der Waals surface area (Å²) in [6.07, 6.45) is 3.08. The predicted octanol–water partition coefficient (Wildman–Crippen LogP) is 4.17. The largest absolute Gasteiger partial charge is 0.143 e. The first-order valence-corrected chi connectivity index (χ1v) is 5.67. The van der Waals surface area contributed by atoms with E-state index in [0.29, 0.717) is 0 Å². The second-order valence-corrected chi connectivity index (χ2v) is 4.62. The van der Waals surface area contributed by atoms with Crippen molar-refractivity contribution in [3.8, 4) is 0 Å². The van der Waals surface area contributed by atoms with Crippen LogP contribution in [-0.4, -0.2) is 0 Å². The van der Waals surface area contributed by atoms with Crippen molar-refractivity contribution in [2.24, 2.45) is 0 Å². The van der Waals surface area contributed by atoms with Crippen molar-refractivity contribution in [1.29, 1.82) is 0 Å². The van der Waals surface area contributed by atoms with Crippen molar-refractivity contribution in [2.45, 2.75) is 13.3 Å². The first kappa shape index (κ1) is 8.02. The van der Waals surface area contributed by atoms with Gasteiger partial charge < -0.3 is 0 Å². The van der Waals surface area contributed by atoms with Gasteiger partial charge in [-0.1, -0.05) is 19.6 Å². The Hall–Kier alpha value is -0.600. The average Bonchev–Trinajstić information content (AvgIpc) is 2.61. The Morgan fingerprint density at radius 2 is 2.42 bits per heavy atom. The van der Waals surface area contributed by atoms with Crippen LogP contribution in [0.2, 0.25) is 0 Å². The summed E-state index contributed by atoms with van der Waals surface area (Å²) in [5.74, 6) is 0. The zero-order valence-corrected chi connectivity index (χ0v) is 8.60. The minimum atomic E-state index is 1.11. The van der Waals surface area contributed by atoms with Crippen LogP contribution >= 0.6 is 22.7 Å². The monoisotopic (exact) mass is 194 g/mol. The van der Waals surface area contributed by atoms with E-state index in [1.807, 2.05) is 28.7 Å². The minimum absolute atomic E-state index is 1.11. The summed E-state index contributed by atoms with van der Waals surface area (Å²) < 4.78 is 2.86. The molecular weight excluding hydrogens is 184 g/mol. The zero-order valence-electron chi connectivity index (χ0n) is 6.96. The molecule has 2 heterocycles. The van der Waals surface area contributed by atoms with E-state index < -0.39 is 0 Å². The summed E-state index contributed by atoms with van der Waals surface area (Å²) in [5.41, 5.74) is 1.47. The highest BCUT2D eigenvalue weighted by Crippen LogP contribution is 2.35. The van der Waals surface area contributed by atoms with E-state index in [-0.39, 0.29) is 0 Å². The molecule has 12 heavy (non-hydrogen) atoms. The molecule has 0 aliphatic heterocycles. The molecule has 0 N–H and O–H groups in total. The lowest BCUT2D eigenvalue weighted by molar-refractivity contribution is 1.17. The highest BCUT2D eigenvalue weighted by Gasteiger charge is 2.08. The van der Waals surface area contributed by atoms with E-state index in [4.69, 9.17) is 0 Å². The quantitative estimate of drug-likeness (QED) is 0.673. The molecule has 2 rings (SSSR count). The van der Waals surface area contributed by atoms with Crippen LogP contribution in [0.4, 0.5) is 0 Å². The van der Waals surface area contributed by atoms with Crippen LogP contribution in [0.15, 0.2) is 18.0 Å². The van der Waals surface area contributed by atoms with Gasteiger partial charge in [0.15, 0.2) is 0 Å². The Labute approximate surface area is 80.2 Å². The molecule has 0 saturated heterocycles. The molecule has 0 radical (unpaired) electrons. The topological polar surface area (TPSA) is 0 Å². The molecule has 0 aliphatic carbocycles.